The first-order valence-electron chi connectivity index (χ1n) is 16.7. The van der Waals surface area contributed by atoms with Crippen LogP contribution in [-0.2, 0) is 0 Å². The maximum atomic E-state index is 5.19. The summed E-state index contributed by atoms with van der Waals surface area (Å²) in [5, 5.41) is 4.50. The van der Waals surface area contributed by atoms with E-state index in [4.69, 9.17) is 15.0 Å². The van der Waals surface area contributed by atoms with E-state index in [2.05, 4.69) is 111 Å². The molecule has 0 aliphatic heterocycles. The van der Waals surface area contributed by atoms with Crippen molar-refractivity contribution in [2.45, 2.75) is 0 Å². The van der Waals surface area contributed by atoms with E-state index in [1.807, 2.05) is 73.1 Å². The van der Waals surface area contributed by atoms with Gasteiger partial charge in [0.2, 0.25) is 5.95 Å². The smallest absolute Gasteiger partial charge is 0.238 e. The molecule has 6 nitrogen and oxygen atoms in total. The van der Waals surface area contributed by atoms with Crippen LogP contribution >= 0.6 is 0 Å². The Balaban J connectivity index is 1.32. The fourth-order valence-corrected chi connectivity index (χ4v) is 7.33. The Kier molecular flexibility index (Phi) is 6.39. The fourth-order valence-electron chi connectivity index (χ4n) is 7.33. The lowest BCUT2D eigenvalue weighted by molar-refractivity contribution is 0.954. The second-order valence-electron chi connectivity index (χ2n) is 12.3. The Morgan fingerprint density at radius 3 is 1.72 bits per heavy atom. The summed E-state index contributed by atoms with van der Waals surface area (Å²) in [5.74, 6) is 1.81. The van der Waals surface area contributed by atoms with Crippen LogP contribution in [0.1, 0.15) is 0 Å². The van der Waals surface area contributed by atoms with Crippen LogP contribution in [0.25, 0.3) is 89.2 Å². The molecule has 50 heavy (non-hydrogen) atoms. The SMILES string of the molecule is c1ccc(-c2nc(-c3ccccc3)nc(-n3c4ccccc4c4cccc(-c5cccc6c5c5cnccc5n6-c5ccccc5)c43)n2)cc1. The van der Waals surface area contributed by atoms with E-state index < -0.39 is 0 Å². The van der Waals surface area contributed by atoms with Crippen molar-refractivity contribution in [2.75, 3.05) is 0 Å². The molecule has 0 unspecified atom stereocenters. The molecule has 4 heterocycles. The maximum absolute atomic E-state index is 5.19. The largest absolute Gasteiger partial charge is 0.309 e. The third-order valence-corrected chi connectivity index (χ3v) is 9.48. The molecular weight excluding hydrogens is 613 g/mol. The molecule has 0 bridgehead atoms. The molecule has 6 aromatic carbocycles. The molecule has 0 saturated heterocycles. The summed E-state index contributed by atoms with van der Waals surface area (Å²) in [4.78, 5) is 20.0. The zero-order chi connectivity index (χ0) is 33.0. The van der Waals surface area contributed by atoms with Crippen LogP contribution < -0.4 is 0 Å². The molecule has 0 radical (unpaired) electrons. The van der Waals surface area contributed by atoms with Gasteiger partial charge in [-0.3, -0.25) is 9.55 Å². The van der Waals surface area contributed by atoms with Crippen molar-refractivity contribution >= 4 is 43.6 Å². The highest BCUT2D eigenvalue weighted by Gasteiger charge is 2.23. The lowest BCUT2D eigenvalue weighted by atomic mass is 9.97. The summed E-state index contributed by atoms with van der Waals surface area (Å²) in [7, 11) is 0. The standard InChI is InChI=1S/C44H28N6/c1-4-14-29(15-5-1)42-46-43(30-16-6-2-7-17-30)48-44(47-42)50-37-24-11-10-20-32(37)34-22-12-23-35(41(34)50)33-21-13-25-39-40(33)36-28-45-27-26-38(36)49(39)31-18-8-3-9-19-31/h1-28H. The van der Waals surface area contributed by atoms with Crippen molar-refractivity contribution in [1.29, 1.82) is 0 Å². The summed E-state index contributed by atoms with van der Waals surface area (Å²) in [6.45, 7) is 0. The third-order valence-electron chi connectivity index (χ3n) is 9.48. The van der Waals surface area contributed by atoms with E-state index in [0.29, 0.717) is 17.6 Å². The molecule has 0 saturated carbocycles. The monoisotopic (exact) mass is 640 g/mol. The molecule has 0 N–H and O–H groups in total. The van der Waals surface area contributed by atoms with E-state index in [9.17, 15) is 0 Å². The van der Waals surface area contributed by atoms with Gasteiger partial charge in [0.15, 0.2) is 11.6 Å². The van der Waals surface area contributed by atoms with Crippen molar-refractivity contribution in [3.05, 3.63) is 170 Å². The van der Waals surface area contributed by atoms with E-state index >= 15 is 0 Å². The Bertz CT molecular complexity index is 2800. The van der Waals surface area contributed by atoms with Gasteiger partial charge in [-0.25, -0.2) is 4.98 Å². The second-order valence-corrected chi connectivity index (χ2v) is 12.3. The summed E-state index contributed by atoms with van der Waals surface area (Å²) >= 11 is 0. The van der Waals surface area contributed by atoms with Gasteiger partial charge < -0.3 is 4.57 Å². The average molecular weight is 641 g/mol. The minimum Gasteiger partial charge on any atom is -0.309 e. The second kappa shape index (κ2) is 11.4. The molecular formula is C44H28N6. The van der Waals surface area contributed by atoms with Crippen LogP contribution in [0.4, 0.5) is 0 Å². The Morgan fingerprint density at radius 2 is 0.980 bits per heavy atom. The van der Waals surface area contributed by atoms with E-state index in [1.54, 1.807) is 0 Å². The predicted molar refractivity (Wildman–Crippen MR) is 203 cm³/mol. The summed E-state index contributed by atoms with van der Waals surface area (Å²) in [5.41, 5.74) is 9.47. The van der Waals surface area contributed by atoms with Gasteiger partial charge in [0.1, 0.15) is 0 Å². The van der Waals surface area contributed by atoms with Crippen LogP contribution in [0.5, 0.6) is 0 Å². The maximum Gasteiger partial charge on any atom is 0.238 e. The topological polar surface area (TPSA) is 61.4 Å². The fraction of sp³-hybridized carbons (Fsp3) is 0. The highest BCUT2D eigenvalue weighted by atomic mass is 15.2. The number of aromatic nitrogens is 6. The van der Waals surface area contributed by atoms with Gasteiger partial charge in [0, 0.05) is 56.3 Å². The van der Waals surface area contributed by atoms with Gasteiger partial charge in [-0.2, -0.15) is 9.97 Å². The van der Waals surface area contributed by atoms with Gasteiger partial charge in [0.05, 0.1) is 22.1 Å². The first-order chi connectivity index (χ1) is 24.8. The molecule has 0 amide bonds. The minimum atomic E-state index is 0.567. The molecule has 10 aromatic rings. The zero-order valence-electron chi connectivity index (χ0n) is 26.8. The normalized spacial score (nSPS) is 11.6. The quantitative estimate of drug-likeness (QED) is 0.188. The molecule has 10 rings (SSSR count). The Labute approximate surface area is 287 Å². The van der Waals surface area contributed by atoms with E-state index in [-0.39, 0.29) is 0 Å². The van der Waals surface area contributed by atoms with Crippen molar-refractivity contribution in [2.24, 2.45) is 0 Å². The van der Waals surface area contributed by atoms with Gasteiger partial charge in [0.25, 0.3) is 0 Å². The van der Waals surface area contributed by atoms with Gasteiger partial charge in [-0.1, -0.05) is 127 Å². The number of para-hydroxylation sites is 3. The van der Waals surface area contributed by atoms with Crippen molar-refractivity contribution in [3.63, 3.8) is 0 Å². The number of benzene rings is 6. The van der Waals surface area contributed by atoms with Gasteiger partial charge in [-0.05, 0) is 35.9 Å². The highest BCUT2D eigenvalue weighted by Crippen LogP contribution is 2.43. The number of hydrogen-bond donors (Lipinski definition) is 0. The third kappa shape index (κ3) is 4.36. The van der Waals surface area contributed by atoms with Gasteiger partial charge in [-0.15, -0.1) is 0 Å². The molecule has 0 atom stereocenters. The zero-order valence-corrected chi connectivity index (χ0v) is 26.8. The van der Waals surface area contributed by atoms with Crippen molar-refractivity contribution in [3.8, 4) is 45.5 Å². The molecule has 0 aliphatic carbocycles. The van der Waals surface area contributed by atoms with Crippen molar-refractivity contribution in [1.82, 2.24) is 29.1 Å². The number of pyridine rings is 1. The lowest BCUT2D eigenvalue weighted by Gasteiger charge is -2.14. The van der Waals surface area contributed by atoms with Crippen LogP contribution in [0.2, 0.25) is 0 Å². The lowest BCUT2D eigenvalue weighted by Crippen LogP contribution is -2.07. The molecule has 234 valence electrons. The van der Waals surface area contributed by atoms with Crippen LogP contribution in [0.3, 0.4) is 0 Å². The summed E-state index contributed by atoms with van der Waals surface area (Å²) in [6, 6.07) is 54.5. The average Bonchev–Trinajstić information content (AvgIpc) is 3.72. The van der Waals surface area contributed by atoms with Crippen molar-refractivity contribution < 1.29 is 0 Å². The van der Waals surface area contributed by atoms with Gasteiger partial charge >= 0.3 is 0 Å². The Hall–Kier alpha value is -6.92. The number of rotatable bonds is 5. The van der Waals surface area contributed by atoms with Crippen LogP contribution in [-0.4, -0.2) is 29.1 Å². The van der Waals surface area contributed by atoms with E-state index in [1.165, 1.54) is 0 Å². The predicted octanol–water partition coefficient (Wildman–Crippen LogP) is 10.5. The first kappa shape index (κ1) is 28.1. The molecule has 6 heteroatoms. The number of nitrogens with zero attached hydrogens (tertiary/aromatic N) is 6. The summed E-state index contributed by atoms with van der Waals surface area (Å²) < 4.78 is 4.55. The molecule has 0 aliphatic rings. The molecule has 4 aromatic heterocycles. The van der Waals surface area contributed by atoms with Crippen LogP contribution in [0.15, 0.2) is 170 Å². The van der Waals surface area contributed by atoms with E-state index in [0.717, 1.165) is 71.6 Å². The Morgan fingerprint density at radius 1 is 0.400 bits per heavy atom. The number of hydrogen-bond acceptors (Lipinski definition) is 4. The van der Waals surface area contributed by atoms with Crippen LogP contribution in [0, 0.1) is 0 Å². The first-order valence-corrected chi connectivity index (χ1v) is 16.7. The summed E-state index contributed by atoms with van der Waals surface area (Å²) in [6.07, 6.45) is 3.86. The number of fused-ring (bicyclic) bond motifs is 6. The highest BCUT2D eigenvalue weighted by molar-refractivity contribution is 6.20. The molecule has 0 spiro atoms. The minimum absolute atomic E-state index is 0.567. The molecule has 0 fully saturated rings.